The zero-order valence-corrected chi connectivity index (χ0v) is 13.6. The molecule has 0 saturated carbocycles. The number of Topliss-reactive ketones (excluding diaryl/α,β-unsaturated/α-hetero) is 1. The monoisotopic (exact) mass is 330 g/mol. The van der Waals surface area contributed by atoms with E-state index in [1.807, 2.05) is 81.4 Å². The Morgan fingerprint density at radius 2 is 1.15 bits per heavy atom. The van der Waals surface area contributed by atoms with Crippen molar-refractivity contribution in [2.24, 2.45) is 5.41 Å². The second-order valence-electron chi connectivity index (χ2n) is 5.97. The van der Waals surface area contributed by atoms with E-state index in [4.69, 9.17) is 0 Å². The summed E-state index contributed by atoms with van der Waals surface area (Å²) in [6.45, 7) is 5.87. The molecule has 0 unspecified atom stereocenters. The Balaban J connectivity index is 2.65. The number of alkyl halides is 1. The molecule has 0 fully saturated rings. The Labute approximate surface area is 129 Å². The van der Waals surface area contributed by atoms with Gasteiger partial charge in [0.25, 0.3) is 0 Å². The molecule has 2 rings (SSSR count). The third-order valence-electron chi connectivity index (χ3n) is 3.34. The summed E-state index contributed by atoms with van der Waals surface area (Å²) in [5.74, 6) is 0.155. The molecule has 0 aliphatic heterocycles. The molecular weight excluding hydrogens is 312 g/mol. The molecule has 0 atom stereocenters. The minimum atomic E-state index is -0.798. The molecule has 20 heavy (non-hydrogen) atoms. The van der Waals surface area contributed by atoms with Crippen LogP contribution in [-0.2, 0) is 9.12 Å². The fourth-order valence-corrected chi connectivity index (χ4v) is 3.40. The van der Waals surface area contributed by atoms with Gasteiger partial charge in [0.15, 0.2) is 5.78 Å². The predicted molar refractivity (Wildman–Crippen MR) is 87.1 cm³/mol. The first-order valence-corrected chi connectivity index (χ1v) is 7.51. The van der Waals surface area contributed by atoms with Gasteiger partial charge in [0.05, 0.1) is 0 Å². The van der Waals surface area contributed by atoms with Crippen LogP contribution in [0.5, 0.6) is 0 Å². The van der Waals surface area contributed by atoms with Crippen LogP contribution in [0.3, 0.4) is 0 Å². The lowest BCUT2D eigenvalue weighted by atomic mass is 9.76. The SMILES string of the molecule is CC(C)(C)C(=O)C(Br)(c1ccccc1)c1ccccc1. The van der Waals surface area contributed by atoms with Crippen molar-refractivity contribution in [2.45, 2.75) is 25.1 Å². The van der Waals surface area contributed by atoms with Crippen LogP contribution in [-0.4, -0.2) is 5.78 Å². The van der Waals surface area contributed by atoms with Crippen LogP contribution < -0.4 is 0 Å². The Morgan fingerprint density at radius 1 is 0.800 bits per heavy atom. The number of carbonyl (C=O) groups excluding carboxylic acids is 1. The number of halogens is 1. The molecule has 0 N–H and O–H groups in total. The van der Waals surface area contributed by atoms with Gasteiger partial charge in [0.2, 0.25) is 0 Å². The molecule has 0 aromatic heterocycles. The van der Waals surface area contributed by atoms with E-state index in [9.17, 15) is 4.79 Å². The number of carbonyl (C=O) groups is 1. The predicted octanol–water partition coefficient (Wildman–Crippen LogP) is 4.94. The van der Waals surface area contributed by atoms with Gasteiger partial charge < -0.3 is 0 Å². The second-order valence-corrected chi connectivity index (χ2v) is 7.16. The van der Waals surface area contributed by atoms with E-state index < -0.39 is 9.74 Å². The summed E-state index contributed by atoms with van der Waals surface area (Å²) in [5.41, 5.74) is 1.49. The van der Waals surface area contributed by atoms with Crippen molar-refractivity contribution in [1.29, 1.82) is 0 Å². The van der Waals surface area contributed by atoms with Gasteiger partial charge in [0.1, 0.15) is 4.32 Å². The molecule has 0 saturated heterocycles. The van der Waals surface area contributed by atoms with Gasteiger partial charge in [-0.05, 0) is 11.1 Å². The topological polar surface area (TPSA) is 17.1 Å². The minimum Gasteiger partial charge on any atom is -0.297 e. The van der Waals surface area contributed by atoms with Gasteiger partial charge >= 0.3 is 0 Å². The first-order chi connectivity index (χ1) is 9.37. The summed E-state index contributed by atoms with van der Waals surface area (Å²) in [6, 6.07) is 19.7. The lowest BCUT2D eigenvalue weighted by Gasteiger charge is -2.33. The maximum Gasteiger partial charge on any atom is 0.163 e. The quantitative estimate of drug-likeness (QED) is 0.728. The number of benzene rings is 2. The van der Waals surface area contributed by atoms with Crippen molar-refractivity contribution >= 4 is 21.7 Å². The Bertz CT molecular complexity index is 542. The van der Waals surface area contributed by atoms with Crippen molar-refractivity contribution in [3.63, 3.8) is 0 Å². The second kappa shape index (κ2) is 5.53. The molecule has 0 bridgehead atoms. The normalized spacial score (nSPS) is 12.2. The molecule has 2 heteroatoms. The molecule has 0 spiro atoms. The Morgan fingerprint density at radius 3 is 1.45 bits per heavy atom. The van der Waals surface area contributed by atoms with Crippen LogP contribution in [0.25, 0.3) is 0 Å². The van der Waals surface area contributed by atoms with E-state index in [-0.39, 0.29) is 5.78 Å². The van der Waals surface area contributed by atoms with Crippen molar-refractivity contribution < 1.29 is 4.79 Å². The van der Waals surface area contributed by atoms with Gasteiger partial charge in [-0.25, -0.2) is 0 Å². The zero-order valence-electron chi connectivity index (χ0n) is 12.1. The standard InChI is InChI=1S/C18H19BrO/c1-17(2,3)16(20)18(19,14-10-6-4-7-11-14)15-12-8-5-9-13-15/h4-13H,1-3H3. The van der Waals surface area contributed by atoms with E-state index in [0.717, 1.165) is 11.1 Å². The van der Waals surface area contributed by atoms with Crippen LogP contribution in [0.15, 0.2) is 60.7 Å². The van der Waals surface area contributed by atoms with E-state index in [1.165, 1.54) is 0 Å². The fourth-order valence-electron chi connectivity index (χ4n) is 2.28. The molecular formula is C18H19BrO. The summed E-state index contributed by atoms with van der Waals surface area (Å²) in [5, 5.41) is 0. The van der Waals surface area contributed by atoms with Gasteiger partial charge in [-0.15, -0.1) is 0 Å². The largest absolute Gasteiger partial charge is 0.297 e. The summed E-state index contributed by atoms with van der Waals surface area (Å²) >= 11 is 3.75. The summed E-state index contributed by atoms with van der Waals surface area (Å²) in [4.78, 5) is 13.0. The summed E-state index contributed by atoms with van der Waals surface area (Å²) in [6.07, 6.45) is 0. The third kappa shape index (κ3) is 2.71. The molecule has 2 aromatic rings. The first kappa shape index (κ1) is 15.0. The van der Waals surface area contributed by atoms with Gasteiger partial charge in [-0.3, -0.25) is 4.79 Å². The highest BCUT2D eigenvalue weighted by molar-refractivity contribution is 9.10. The molecule has 0 heterocycles. The van der Waals surface area contributed by atoms with E-state index in [0.29, 0.717) is 0 Å². The number of hydrogen-bond donors (Lipinski definition) is 0. The summed E-state index contributed by atoms with van der Waals surface area (Å²) < 4.78 is -0.798. The van der Waals surface area contributed by atoms with E-state index >= 15 is 0 Å². The van der Waals surface area contributed by atoms with Crippen molar-refractivity contribution in [1.82, 2.24) is 0 Å². The van der Waals surface area contributed by atoms with E-state index in [2.05, 4.69) is 15.9 Å². The maximum atomic E-state index is 13.0. The molecule has 104 valence electrons. The van der Waals surface area contributed by atoms with Crippen LogP contribution in [0, 0.1) is 5.41 Å². The fraction of sp³-hybridized carbons (Fsp3) is 0.278. The number of ketones is 1. The van der Waals surface area contributed by atoms with Crippen LogP contribution in [0.4, 0.5) is 0 Å². The zero-order chi connectivity index (χ0) is 14.8. The highest BCUT2D eigenvalue weighted by Crippen LogP contribution is 2.44. The van der Waals surface area contributed by atoms with Gasteiger partial charge in [0, 0.05) is 5.41 Å². The molecule has 1 nitrogen and oxygen atoms in total. The lowest BCUT2D eigenvalue weighted by Crippen LogP contribution is -2.39. The summed E-state index contributed by atoms with van der Waals surface area (Å²) in [7, 11) is 0. The first-order valence-electron chi connectivity index (χ1n) is 6.71. The van der Waals surface area contributed by atoms with Gasteiger partial charge in [-0.1, -0.05) is 97.4 Å². The van der Waals surface area contributed by atoms with Crippen molar-refractivity contribution in [3.05, 3.63) is 71.8 Å². The highest BCUT2D eigenvalue weighted by Gasteiger charge is 2.44. The average Bonchev–Trinajstić information content (AvgIpc) is 2.46. The Kier molecular flexibility index (Phi) is 4.14. The number of rotatable bonds is 3. The van der Waals surface area contributed by atoms with Crippen LogP contribution in [0.2, 0.25) is 0 Å². The average molecular weight is 331 g/mol. The highest BCUT2D eigenvalue weighted by atomic mass is 79.9. The molecule has 2 aromatic carbocycles. The third-order valence-corrected chi connectivity index (χ3v) is 4.61. The van der Waals surface area contributed by atoms with Crippen molar-refractivity contribution in [2.75, 3.05) is 0 Å². The Hall–Kier alpha value is -1.41. The van der Waals surface area contributed by atoms with Crippen LogP contribution in [0.1, 0.15) is 31.9 Å². The van der Waals surface area contributed by atoms with Gasteiger partial charge in [-0.2, -0.15) is 0 Å². The molecule has 0 radical (unpaired) electrons. The lowest BCUT2D eigenvalue weighted by molar-refractivity contribution is -0.127. The van der Waals surface area contributed by atoms with Crippen LogP contribution >= 0.6 is 15.9 Å². The molecule has 0 aliphatic carbocycles. The smallest absolute Gasteiger partial charge is 0.163 e. The van der Waals surface area contributed by atoms with Crippen molar-refractivity contribution in [3.8, 4) is 0 Å². The minimum absolute atomic E-state index is 0.155. The van der Waals surface area contributed by atoms with E-state index in [1.54, 1.807) is 0 Å². The maximum absolute atomic E-state index is 13.0. The number of hydrogen-bond acceptors (Lipinski definition) is 1. The molecule has 0 aliphatic rings. The molecule has 0 amide bonds.